The van der Waals surface area contributed by atoms with Crippen LogP contribution in [0.2, 0.25) is 0 Å². The van der Waals surface area contributed by atoms with Crippen LogP contribution in [0.25, 0.3) is 10.6 Å². The van der Waals surface area contributed by atoms with Gasteiger partial charge < -0.3 is 5.32 Å². The molecule has 0 unspecified atom stereocenters. The summed E-state index contributed by atoms with van der Waals surface area (Å²) in [7, 11) is 0. The van der Waals surface area contributed by atoms with Gasteiger partial charge in [-0.3, -0.25) is 0 Å². The molecule has 1 aromatic heterocycles. The molecule has 2 aromatic rings. The molecule has 0 radical (unpaired) electrons. The zero-order chi connectivity index (χ0) is 15.4. The van der Waals surface area contributed by atoms with Crippen molar-refractivity contribution in [2.24, 2.45) is 5.92 Å². The zero-order valence-corrected chi connectivity index (χ0v) is 13.4. The monoisotopic (exact) mass is 310 g/mol. The number of rotatable bonds is 6. The van der Waals surface area contributed by atoms with Gasteiger partial charge in [-0.25, -0.2) is 13.8 Å². The van der Waals surface area contributed by atoms with Crippen molar-refractivity contribution in [3.8, 4) is 10.6 Å². The maximum atomic E-state index is 13.3. The first-order chi connectivity index (χ1) is 10.0. The van der Waals surface area contributed by atoms with Gasteiger partial charge in [0.15, 0.2) is 11.6 Å². The maximum absolute atomic E-state index is 13.3. The molecule has 0 fully saturated rings. The van der Waals surface area contributed by atoms with E-state index in [1.54, 1.807) is 17.4 Å². The molecule has 0 atom stereocenters. The van der Waals surface area contributed by atoms with Gasteiger partial charge in [-0.1, -0.05) is 20.8 Å². The van der Waals surface area contributed by atoms with Crippen molar-refractivity contribution < 1.29 is 8.78 Å². The number of nitrogens with one attached hydrogen (secondary N) is 1. The fourth-order valence-corrected chi connectivity index (χ4v) is 3.14. The molecule has 114 valence electrons. The van der Waals surface area contributed by atoms with Crippen molar-refractivity contribution in [2.75, 3.05) is 6.54 Å². The van der Waals surface area contributed by atoms with Crippen LogP contribution in [0.5, 0.6) is 0 Å². The Morgan fingerprint density at radius 3 is 2.62 bits per heavy atom. The van der Waals surface area contributed by atoms with Crippen LogP contribution in [0, 0.1) is 17.6 Å². The van der Waals surface area contributed by atoms with Crippen molar-refractivity contribution in [1.82, 2.24) is 10.3 Å². The van der Waals surface area contributed by atoms with Crippen LogP contribution < -0.4 is 5.32 Å². The van der Waals surface area contributed by atoms with Crippen LogP contribution in [0.3, 0.4) is 0 Å². The third-order valence-electron chi connectivity index (χ3n) is 3.12. The number of benzene rings is 1. The lowest BCUT2D eigenvalue weighted by atomic mass is 10.2. The number of hydrogen-bond donors (Lipinski definition) is 1. The van der Waals surface area contributed by atoms with Crippen LogP contribution in [0.15, 0.2) is 18.2 Å². The third-order valence-corrected chi connectivity index (χ3v) is 4.26. The average Bonchev–Trinajstić information content (AvgIpc) is 2.85. The largest absolute Gasteiger partial charge is 0.312 e. The minimum Gasteiger partial charge on any atom is -0.312 e. The van der Waals surface area contributed by atoms with Crippen molar-refractivity contribution in [3.05, 3.63) is 40.4 Å². The predicted molar refractivity (Wildman–Crippen MR) is 83.4 cm³/mol. The van der Waals surface area contributed by atoms with Gasteiger partial charge in [0.2, 0.25) is 0 Å². The highest BCUT2D eigenvalue weighted by atomic mass is 32.1. The molecule has 2 rings (SSSR count). The lowest BCUT2D eigenvalue weighted by molar-refractivity contribution is 0.509. The number of hydrogen-bond acceptors (Lipinski definition) is 3. The first-order valence-electron chi connectivity index (χ1n) is 7.16. The minimum atomic E-state index is -0.833. The molecule has 1 N–H and O–H groups in total. The Hall–Kier alpha value is -1.33. The molecule has 0 spiro atoms. The summed E-state index contributed by atoms with van der Waals surface area (Å²) < 4.78 is 26.3. The topological polar surface area (TPSA) is 24.9 Å². The van der Waals surface area contributed by atoms with Gasteiger partial charge in [0, 0.05) is 17.0 Å². The molecule has 0 amide bonds. The second-order valence-electron chi connectivity index (χ2n) is 5.40. The van der Waals surface area contributed by atoms with Crippen LogP contribution >= 0.6 is 11.3 Å². The first kappa shape index (κ1) is 16.0. The van der Waals surface area contributed by atoms with E-state index in [9.17, 15) is 8.78 Å². The summed E-state index contributed by atoms with van der Waals surface area (Å²) in [5.74, 6) is -1.07. The van der Waals surface area contributed by atoms with Gasteiger partial charge in [-0.05, 0) is 37.1 Å². The SMILES string of the molecule is CCc1nc(-c2ccc(F)c(F)c2)sc1CNCC(C)C. The summed E-state index contributed by atoms with van der Waals surface area (Å²) in [6.45, 7) is 8.08. The fourth-order valence-electron chi connectivity index (χ4n) is 2.02. The Morgan fingerprint density at radius 2 is 2.00 bits per heavy atom. The third kappa shape index (κ3) is 4.08. The van der Waals surface area contributed by atoms with Crippen molar-refractivity contribution in [3.63, 3.8) is 0 Å². The normalized spacial score (nSPS) is 11.3. The average molecular weight is 310 g/mol. The van der Waals surface area contributed by atoms with E-state index in [-0.39, 0.29) is 0 Å². The van der Waals surface area contributed by atoms with E-state index in [0.29, 0.717) is 11.5 Å². The molecule has 1 heterocycles. The Morgan fingerprint density at radius 1 is 1.24 bits per heavy atom. The van der Waals surface area contributed by atoms with E-state index < -0.39 is 11.6 Å². The first-order valence-corrected chi connectivity index (χ1v) is 7.97. The van der Waals surface area contributed by atoms with E-state index in [1.165, 1.54) is 6.07 Å². The second-order valence-corrected chi connectivity index (χ2v) is 6.48. The van der Waals surface area contributed by atoms with Crippen LogP contribution in [-0.2, 0) is 13.0 Å². The van der Waals surface area contributed by atoms with E-state index in [4.69, 9.17) is 0 Å². The van der Waals surface area contributed by atoms with Crippen LogP contribution in [0.4, 0.5) is 8.78 Å². The lowest BCUT2D eigenvalue weighted by Gasteiger charge is -2.06. The molecule has 0 aliphatic rings. The standard InChI is InChI=1S/C16H20F2N2S/c1-4-14-15(9-19-8-10(2)3)21-16(20-14)11-5-6-12(17)13(18)7-11/h5-7,10,19H,4,8-9H2,1-3H3. The highest BCUT2D eigenvalue weighted by Crippen LogP contribution is 2.29. The van der Waals surface area contributed by atoms with Crippen molar-refractivity contribution in [1.29, 1.82) is 0 Å². The second kappa shape index (κ2) is 7.09. The molecule has 0 saturated carbocycles. The van der Waals surface area contributed by atoms with Gasteiger partial charge in [0.1, 0.15) is 5.01 Å². The lowest BCUT2D eigenvalue weighted by Crippen LogP contribution is -2.18. The Labute approximate surface area is 128 Å². The summed E-state index contributed by atoms with van der Waals surface area (Å²) in [5, 5.41) is 4.14. The van der Waals surface area contributed by atoms with Gasteiger partial charge in [-0.15, -0.1) is 11.3 Å². The summed E-state index contributed by atoms with van der Waals surface area (Å²) in [6, 6.07) is 3.93. The molecule has 0 aliphatic heterocycles. The van der Waals surface area contributed by atoms with Crippen molar-refractivity contribution >= 4 is 11.3 Å². The molecule has 0 bridgehead atoms. The zero-order valence-electron chi connectivity index (χ0n) is 12.5. The predicted octanol–water partition coefficient (Wildman–Crippen LogP) is 4.40. The summed E-state index contributed by atoms with van der Waals surface area (Å²) in [5.41, 5.74) is 1.65. The molecular weight excluding hydrogens is 290 g/mol. The Bertz CT molecular complexity index is 608. The number of nitrogens with zero attached hydrogens (tertiary/aromatic N) is 1. The van der Waals surface area contributed by atoms with E-state index in [1.807, 2.05) is 0 Å². The molecular formula is C16H20F2N2S. The van der Waals surface area contributed by atoms with Gasteiger partial charge in [0.05, 0.1) is 5.69 Å². The van der Waals surface area contributed by atoms with Crippen LogP contribution in [-0.4, -0.2) is 11.5 Å². The highest BCUT2D eigenvalue weighted by Gasteiger charge is 2.13. The van der Waals surface area contributed by atoms with E-state index in [2.05, 4.69) is 31.1 Å². The number of aryl methyl sites for hydroxylation is 1. The molecule has 2 nitrogen and oxygen atoms in total. The fraction of sp³-hybridized carbons (Fsp3) is 0.438. The van der Waals surface area contributed by atoms with Gasteiger partial charge in [-0.2, -0.15) is 0 Å². The number of aromatic nitrogens is 1. The number of thiazole rings is 1. The quantitative estimate of drug-likeness (QED) is 0.855. The molecule has 0 aliphatic carbocycles. The Balaban J connectivity index is 2.21. The van der Waals surface area contributed by atoms with Crippen LogP contribution in [0.1, 0.15) is 31.3 Å². The Kier molecular flexibility index (Phi) is 5.42. The minimum absolute atomic E-state index is 0.591. The van der Waals surface area contributed by atoms with E-state index in [0.717, 1.165) is 41.2 Å². The highest BCUT2D eigenvalue weighted by molar-refractivity contribution is 7.15. The molecule has 1 aromatic carbocycles. The smallest absolute Gasteiger partial charge is 0.159 e. The maximum Gasteiger partial charge on any atom is 0.159 e. The molecule has 21 heavy (non-hydrogen) atoms. The van der Waals surface area contributed by atoms with Crippen molar-refractivity contribution in [2.45, 2.75) is 33.7 Å². The summed E-state index contributed by atoms with van der Waals surface area (Å²) in [4.78, 5) is 5.72. The molecule has 0 saturated heterocycles. The molecule has 5 heteroatoms. The number of halogens is 2. The van der Waals surface area contributed by atoms with Gasteiger partial charge in [0.25, 0.3) is 0 Å². The summed E-state index contributed by atoms with van der Waals surface area (Å²) >= 11 is 1.54. The van der Waals surface area contributed by atoms with Gasteiger partial charge >= 0.3 is 0 Å². The van der Waals surface area contributed by atoms with E-state index >= 15 is 0 Å². The summed E-state index contributed by atoms with van der Waals surface area (Å²) in [6.07, 6.45) is 0.832.